The second-order valence-electron chi connectivity index (χ2n) is 7.02. The molecule has 0 spiro atoms. The van der Waals surface area contributed by atoms with Crippen LogP contribution < -0.4 is 4.72 Å². The summed E-state index contributed by atoms with van der Waals surface area (Å²) in [6.45, 7) is 6.43. The molecule has 0 aliphatic carbocycles. The molecule has 0 bridgehead atoms. The van der Waals surface area contributed by atoms with Crippen LogP contribution in [0.1, 0.15) is 44.6 Å². The second kappa shape index (κ2) is 7.09. The highest BCUT2D eigenvalue weighted by Crippen LogP contribution is 2.23. The third kappa shape index (κ3) is 4.47. The summed E-state index contributed by atoms with van der Waals surface area (Å²) < 4.78 is 29.0. The van der Waals surface area contributed by atoms with E-state index in [4.69, 9.17) is 0 Å². The van der Waals surface area contributed by atoms with Crippen molar-refractivity contribution in [2.75, 3.05) is 6.54 Å². The lowest BCUT2D eigenvalue weighted by atomic mass is 9.87. The van der Waals surface area contributed by atoms with Crippen LogP contribution in [0, 0.1) is 0 Å². The fourth-order valence-corrected chi connectivity index (χ4v) is 3.56. The Morgan fingerprint density at radius 2 is 1.79 bits per heavy atom. The summed E-state index contributed by atoms with van der Waals surface area (Å²) in [4.78, 5) is 0.240. The average molecular weight is 350 g/mol. The highest BCUT2D eigenvalue weighted by molar-refractivity contribution is 7.89. The molecule has 6 heteroatoms. The Labute approximate surface area is 144 Å². The zero-order valence-electron chi connectivity index (χ0n) is 14.7. The minimum absolute atomic E-state index is 0.0190. The highest BCUT2D eigenvalue weighted by Gasteiger charge is 2.18. The number of aliphatic hydroxyl groups excluding tert-OH is 1. The summed E-state index contributed by atoms with van der Waals surface area (Å²) in [6, 6.07) is 10.6. The number of nitrogens with one attached hydrogen (secondary N) is 1. The summed E-state index contributed by atoms with van der Waals surface area (Å²) in [5, 5.41) is 10.1. The van der Waals surface area contributed by atoms with E-state index in [0.717, 1.165) is 11.3 Å². The fraction of sp³-hybridized carbons (Fsp3) is 0.444. The van der Waals surface area contributed by atoms with Crippen molar-refractivity contribution in [1.82, 2.24) is 9.29 Å². The largest absolute Gasteiger partial charge is 0.387 e. The summed E-state index contributed by atoms with van der Waals surface area (Å²) in [5.41, 5.74) is 1.83. The Morgan fingerprint density at radius 3 is 2.29 bits per heavy atom. The van der Waals surface area contributed by atoms with Gasteiger partial charge in [-0.15, -0.1) is 0 Å². The number of sulfonamides is 1. The zero-order chi connectivity index (χ0) is 18.0. The lowest BCUT2D eigenvalue weighted by Crippen LogP contribution is -2.26. The van der Waals surface area contributed by atoms with Gasteiger partial charge in [0, 0.05) is 25.5 Å². The number of benzene rings is 1. The molecule has 0 saturated carbocycles. The molecule has 0 aliphatic rings. The third-order valence-corrected chi connectivity index (χ3v) is 5.54. The SMILES string of the molecule is Cn1cccc1C(O)CCNS(=O)(=O)c1ccc(C(C)(C)C)cc1. The standard InChI is InChI=1S/C18H26N2O3S/c1-18(2,3)14-7-9-15(10-8-14)24(22,23)19-12-11-17(21)16-6-5-13-20(16)4/h5-10,13,17,19,21H,11-12H2,1-4H3. The number of hydrogen-bond acceptors (Lipinski definition) is 3. The van der Waals surface area contributed by atoms with E-state index in [1.807, 2.05) is 42.1 Å². The van der Waals surface area contributed by atoms with Crippen LogP contribution in [-0.2, 0) is 22.5 Å². The average Bonchev–Trinajstić information content (AvgIpc) is 2.92. The van der Waals surface area contributed by atoms with Crippen LogP contribution in [0.5, 0.6) is 0 Å². The van der Waals surface area contributed by atoms with Crippen LogP contribution in [0.4, 0.5) is 0 Å². The normalized spacial score (nSPS) is 13.9. The van der Waals surface area contributed by atoms with Gasteiger partial charge in [0.1, 0.15) is 0 Å². The van der Waals surface area contributed by atoms with Crippen LogP contribution in [0.25, 0.3) is 0 Å². The first kappa shape index (κ1) is 18.7. The Balaban J connectivity index is 1.97. The molecule has 132 valence electrons. The molecule has 1 aromatic heterocycles. The third-order valence-electron chi connectivity index (χ3n) is 4.07. The van der Waals surface area contributed by atoms with Crippen LogP contribution in [-0.4, -0.2) is 24.6 Å². The van der Waals surface area contributed by atoms with Crippen molar-refractivity contribution in [2.45, 2.75) is 43.6 Å². The van der Waals surface area contributed by atoms with E-state index in [1.54, 1.807) is 12.1 Å². The second-order valence-corrected chi connectivity index (χ2v) is 8.79. The molecule has 0 fully saturated rings. The van der Waals surface area contributed by atoms with Gasteiger partial charge < -0.3 is 9.67 Å². The van der Waals surface area contributed by atoms with E-state index in [1.165, 1.54) is 0 Å². The summed E-state index contributed by atoms with van der Waals surface area (Å²) in [7, 11) is -1.72. The Bertz CT molecular complexity index is 771. The molecule has 0 amide bonds. The van der Waals surface area contributed by atoms with Crippen LogP contribution >= 0.6 is 0 Å². The van der Waals surface area contributed by atoms with E-state index in [2.05, 4.69) is 25.5 Å². The number of hydrogen-bond donors (Lipinski definition) is 2. The first-order valence-electron chi connectivity index (χ1n) is 8.01. The maximum Gasteiger partial charge on any atom is 0.240 e. The quantitative estimate of drug-likeness (QED) is 0.841. The van der Waals surface area contributed by atoms with Gasteiger partial charge in [-0.1, -0.05) is 32.9 Å². The minimum atomic E-state index is -3.57. The van der Waals surface area contributed by atoms with E-state index >= 15 is 0 Å². The van der Waals surface area contributed by atoms with Gasteiger partial charge in [0.15, 0.2) is 0 Å². The first-order chi connectivity index (χ1) is 11.1. The molecular formula is C18H26N2O3S. The van der Waals surface area contributed by atoms with E-state index in [9.17, 15) is 13.5 Å². The van der Waals surface area contributed by atoms with Gasteiger partial charge in [-0.3, -0.25) is 0 Å². The van der Waals surface area contributed by atoms with Crippen LogP contribution in [0.2, 0.25) is 0 Å². The van der Waals surface area contributed by atoms with Gasteiger partial charge in [0.25, 0.3) is 0 Å². The molecule has 5 nitrogen and oxygen atoms in total. The van der Waals surface area contributed by atoms with E-state index in [-0.39, 0.29) is 16.9 Å². The van der Waals surface area contributed by atoms with Gasteiger partial charge >= 0.3 is 0 Å². The lowest BCUT2D eigenvalue weighted by Gasteiger charge is -2.19. The molecular weight excluding hydrogens is 324 g/mol. The summed E-state index contributed by atoms with van der Waals surface area (Å²) in [5.74, 6) is 0. The fourth-order valence-electron chi connectivity index (χ4n) is 2.52. The van der Waals surface area contributed by atoms with Crippen molar-refractivity contribution in [3.8, 4) is 0 Å². The number of rotatable bonds is 6. The van der Waals surface area contributed by atoms with E-state index in [0.29, 0.717) is 6.42 Å². The molecule has 0 aliphatic heterocycles. The Hall–Kier alpha value is -1.63. The molecule has 0 saturated heterocycles. The van der Waals surface area contributed by atoms with Crippen molar-refractivity contribution < 1.29 is 13.5 Å². The van der Waals surface area contributed by atoms with Gasteiger partial charge in [0.2, 0.25) is 10.0 Å². The van der Waals surface area contributed by atoms with Crippen molar-refractivity contribution in [3.63, 3.8) is 0 Å². The lowest BCUT2D eigenvalue weighted by molar-refractivity contribution is 0.161. The number of nitrogens with zero attached hydrogens (tertiary/aromatic N) is 1. The van der Waals surface area contributed by atoms with E-state index < -0.39 is 16.1 Å². The Kier molecular flexibility index (Phi) is 5.52. The molecule has 1 unspecified atom stereocenters. The molecule has 24 heavy (non-hydrogen) atoms. The van der Waals surface area contributed by atoms with Crippen molar-refractivity contribution >= 4 is 10.0 Å². The van der Waals surface area contributed by atoms with Crippen molar-refractivity contribution in [2.24, 2.45) is 7.05 Å². The number of aliphatic hydroxyl groups is 1. The van der Waals surface area contributed by atoms with Crippen LogP contribution in [0.15, 0.2) is 47.5 Å². The molecule has 1 atom stereocenters. The van der Waals surface area contributed by atoms with Gasteiger partial charge in [-0.05, 0) is 41.7 Å². The van der Waals surface area contributed by atoms with Crippen molar-refractivity contribution in [3.05, 3.63) is 53.9 Å². The van der Waals surface area contributed by atoms with Crippen LogP contribution in [0.3, 0.4) is 0 Å². The summed E-state index contributed by atoms with van der Waals surface area (Å²) >= 11 is 0. The predicted molar refractivity (Wildman–Crippen MR) is 95.3 cm³/mol. The molecule has 0 radical (unpaired) electrons. The Morgan fingerprint density at radius 1 is 1.17 bits per heavy atom. The minimum Gasteiger partial charge on any atom is -0.387 e. The first-order valence-corrected chi connectivity index (χ1v) is 9.49. The highest BCUT2D eigenvalue weighted by atomic mass is 32.2. The van der Waals surface area contributed by atoms with Gasteiger partial charge in [-0.2, -0.15) is 0 Å². The maximum atomic E-state index is 12.3. The molecule has 2 N–H and O–H groups in total. The molecule has 2 rings (SSSR count). The topological polar surface area (TPSA) is 71.3 Å². The summed E-state index contributed by atoms with van der Waals surface area (Å²) in [6.07, 6.45) is 1.47. The van der Waals surface area contributed by atoms with Gasteiger partial charge in [0.05, 0.1) is 11.0 Å². The maximum absolute atomic E-state index is 12.3. The molecule has 2 aromatic rings. The smallest absolute Gasteiger partial charge is 0.240 e. The number of aromatic nitrogens is 1. The number of aryl methyl sites for hydroxylation is 1. The monoisotopic (exact) mass is 350 g/mol. The molecule has 1 heterocycles. The predicted octanol–water partition coefficient (Wildman–Crippen LogP) is 2.72. The van der Waals surface area contributed by atoms with Crippen molar-refractivity contribution in [1.29, 1.82) is 0 Å². The zero-order valence-corrected chi connectivity index (χ0v) is 15.5. The molecule has 1 aromatic carbocycles. The van der Waals surface area contributed by atoms with Gasteiger partial charge in [-0.25, -0.2) is 13.1 Å².